The summed E-state index contributed by atoms with van der Waals surface area (Å²) in [6.45, 7) is 0. The third-order valence-corrected chi connectivity index (χ3v) is 5.46. The molecule has 0 aromatic heterocycles. The van der Waals surface area contributed by atoms with Crippen molar-refractivity contribution in [2.45, 2.75) is 69.1 Å². The minimum Gasteiger partial charge on any atom is -0.387 e. The summed E-state index contributed by atoms with van der Waals surface area (Å²) >= 11 is 1.98. The molecule has 2 unspecified atom stereocenters. The molecule has 0 spiro atoms. The largest absolute Gasteiger partial charge is 0.387 e. The van der Waals surface area contributed by atoms with Gasteiger partial charge in [-0.3, -0.25) is 4.99 Å². The van der Waals surface area contributed by atoms with Crippen LogP contribution in [0.4, 0.5) is 0 Å². The fourth-order valence-electron chi connectivity index (χ4n) is 3.20. The Morgan fingerprint density at radius 2 is 1.65 bits per heavy atom. The second-order valence-corrected chi connectivity index (χ2v) is 6.59. The van der Waals surface area contributed by atoms with Gasteiger partial charge in [-0.1, -0.05) is 32.1 Å². The Morgan fingerprint density at radius 3 is 2.35 bits per heavy atom. The summed E-state index contributed by atoms with van der Waals surface area (Å²) in [7, 11) is 0. The van der Waals surface area contributed by atoms with Crippen molar-refractivity contribution in [3.63, 3.8) is 0 Å². The molecule has 0 saturated heterocycles. The average molecular weight is 254 g/mol. The number of aliphatic imine (C=N–C) groups is 1. The predicted molar refractivity (Wildman–Crippen MR) is 77.8 cm³/mol. The SMILES string of the molecule is CSC1CCCCC1N=C(N)C1CCCCC1. The van der Waals surface area contributed by atoms with Gasteiger partial charge in [0.1, 0.15) is 0 Å². The fraction of sp³-hybridized carbons (Fsp3) is 0.929. The Labute approximate surface area is 110 Å². The van der Waals surface area contributed by atoms with Crippen LogP contribution in [0.15, 0.2) is 4.99 Å². The van der Waals surface area contributed by atoms with Gasteiger partial charge in [-0.25, -0.2) is 0 Å². The van der Waals surface area contributed by atoms with E-state index < -0.39 is 0 Å². The summed E-state index contributed by atoms with van der Waals surface area (Å²) in [6.07, 6.45) is 14.1. The van der Waals surface area contributed by atoms with Crippen molar-refractivity contribution >= 4 is 17.6 Å². The molecule has 0 heterocycles. The number of rotatable bonds is 3. The molecule has 2 saturated carbocycles. The van der Waals surface area contributed by atoms with Crippen molar-refractivity contribution in [3.05, 3.63) is 0 Å². The predicted octanol–water partition coefficient (Wildman–Crippen LogP) is 3.60. The molecule has 2 aliphatic rings. The highest BCUT2D eigenvalue weighted by molar-refractivity contribution is 7.99. The first kappa shape index (κ1) is 13.3. The Balaban J connectivity index is 1.95. The third-order valence-electron chi connectivity index (χ3n) is 4.31. The van der Waals surface area contributed by atoms with Gasteiger partial charge in [0.25, 0.3) is 0 Å². The lowest BCUT2D eigenvalue weighted by molar-refractivity contribution is 0.424. The van der Waals surface area contributed by atoms with E-state index in [9.17, 15) is 0 Å². The lowest BCUT2D eigenvalue weighted by atomic mass is 9.88. The summed E-state index contributed by atoms with van der Waals surface area (Å²) in [4.78, 5) is 4.89. The molecule has 98 valence electrons. The highest BCUT2D eigenvalue weighted by Gasteiger charge is 2.25. The van der Waals surface area contributed by atoms with Crippen molar-refractivity contribution in [1.29, 1.82) is 0 Å². The number of nitrogens with zero attached hydrogens (tertiary/aromatic N) is 1. The van der Waals surface area contributed by atoms with Crippen LogP contribution in [0.2, 0.25) is 0 Å². The van der Waals surface area contributed by atoms with Crippen LogP contribution in [0.3, 0.4) is 0 Å². The van der Waals surface area contributed by atoms with E-state index in [4.69, 9.17) is 10.7 Å². The Hall–Kier alpha value is -0.180. The molecule has 0 amide bonds. The van der Waals surface area contributed by atoms with Gasteiger partial charge in [0.2, 0.25) is 0 Å². The first-order valence-corrected chi connectivity index (χ1v) is 8.46. The number of hydrogen-bond acceptors (Lipinski definition) is 2. The molecule has 3 heteroatoms. The molecule has 17 heavy (non-hydrogen) atoms. The summed E-state index contributed by atoms with van der Waals surface area (Å²) in [5.41, 5.74) is 6.24. The molecule has 0 radical (unpaired) electrons. The average Bonchev–Trinajstić information content (AvgIpc) is 2.40. The van der Waals surface area contributed by atoms with E-state index in [0.717, 1.165) is 5.84 Å². The van der Waals surface area contributed by atoms with Gasteiger partial charge in [0.05, 0.1) is 11.9 Å². The van der Waals surface area contributed by atoms with Crippen molar-refractivity contribution in [1.82, 2.24) is 0 Å². The normalized spacial score (nSPS) is 32.6. The van der Waals surface area contributed by atoms with Crippen LogP contribution in [0.5, 0.6) is 0 Å². The minimum absolute atomic E-state index is 0.501. The van der Waals surface area contributed by atoms with Crippen LogP contribution in [-0.2, 0) is 0 Å². The zero-order chi connectivity index (χ0) is 12.1. The molecule has 0 bridgehead atoms. The van der Waals surface area contributed by atoms with E-state index in [1.807, 2.05) is 11.8 Å². The van der Waals surface area contributed by atoms with Gasteiger partial charge < -0.3 is 5.73 Å². The maximum atomic E-state index is 6.24. The Kier molecular flexibility index (Phi) is 5.20. The van der Waals surface area contributed by atoms with Crippen molar-refractivity contribution < 1.29 is 0 Å². The quantitative estimate of drug-likeness (QED) is 0.617. The lowest BCUT2D eigenvalue weighted by Crippen LogP contribution is -2.32. The molecule has 2 aliphatic carbocycles. The van der Waals surface area contributed by atoms with Crippen LogP contribution in [0.25, 0.3) is 0 Å². The van der Waals surface area contributed by atoms with E-state index in [2.05, 4.69) is 6.26 Å². The maximum absolute atomic E-state index is 6.24. The Bertz CT molecular complexity index is 259. The van der Waals surface area contributed by atoms with Gasteiger partial charge in [0.15, 0.2) is 0 Å². The van der Waals surface area contributed by atoms with Crippen molar-refractivity contribution in [2.24, 2.45) is 16.6 Å². The van der Waals surface area contributed by atoms with E-state index in [1.54, 1.807) is 0 Å². The molecule has 0 aromatic rings. The third kappa shape index (κ3) is 3.64. The van der Waals surface area contributed by atoms with E-state index in [1.165, 1.54) is 57.8 Å². The molecule has 2 nitrogen and oxygen atoms in total. The first-order valence-electron chi connectivity index (χ1n) is 7.17. The summed E-state index contributed by atoms with van der Waals surface area (Å²) in [6, 6.07) is 0.501. The molecule has 2 N–H and O–H groups in total. The van der Waals surface area contributed by atoms with Crippen LogP contribution in [-0.4, -0.2) is 23.4 Å². The van der Waals surface area contributed by atoms with Crippen LogP contribution >= 0.6 is 11.8 Å². The zero-order valence-corrected chi connectivity index (χ0v) is 11.8. The van der Waals surface area contributed by atoms with Gasteiger partial charge in [-0.05, 0) is 31.9 Å². The lowest BCUT2D eigenvalue weighted by Gasteiger charge is -2.29. The van der Waals surface area contributed by atoms with E-state index >= 15 is 0 Å². The number of hydrogen-bond donors (Lipinski definition) is 1. The zero-order valence-electron chi connectivity index (χ0n) is 11.0. The topological polar surface area (TPSA) is 38.4 Å². The number of nitrogens with two attached hydrogens (primary N) is 1. The molecule has 2 fully saturated rings. The number of thioether (sulfide) groups is 1. The van der Waals surface area contributed by atoms with E-state index in [0.29, 0.717) is 17.2 Å². The van der Waals surface area contributed by atoms with Gasteiger partial charge in [-0.2, -0.15) is 11.8 Å². The highest BCUT2D eigenvalue weighted by atomic mass is 32.2. The Morgan fingerprint density at radius 1 is 1.00 bits per heavy atom. The summed E-state index contributed by atoms with van der Waals surface area (Å²) < 4.78 is 0. The van der Waals surface area contributed by atoms with Gasteiger partial charge >= 0.3 is 0 Å². The molecule has 2 rings (SSSR count). The van der Waals surface area contributed by atoms with Crippen LogP contribution < -0.4 is 5.73 Å². The van der Waals surface area contributed by atoms with Crippen molar-refractivity contribution in [3.8, 4) is 0 Å². The molecule has 2 atom stereocenters. The van der Waals surface area contributed by atoms with Gasteiger partial charge in [-0.15, -0.1) is 0 Å². The standard InChI is InChI=1S/C14H26N2S/c1-17-13-10-6-5-9-12(13)16-14(15)11-7-3-2-4-8-11/h11-13H,2-10H2,1H3,(H2,15,16). The fourth-order valence-corrected chi connectivity index (χ4v) is 4.11. The molecule has 0 aliphatic heterocycles. The first-order chi connectivity index (χ1) is 8.31. The molecular weight excluding hydrogens is 228 g/mol. The second kappa shape index (κ2) is 6.67. The van der Waals surface area contributed by atoms with Crippen LogP contribution in [0.1, 0.15) is 57.8 Å². The highest BCUT2D eigenvalue weighted by Crippen LogP contribution is 2.30. The second-order valence-electron chi connectivity index (χ2n) is 5.51. The minimum atomic E-state index is 0.501. The van der Waals surface area contributed by atoms with E-state index in [-0.39, 0.29) is 0 Å². The monoisotopic (exact) mass is 254 g/mol. The van der Waals surface area contributed by atoms with Crippen molar-refractivity contribution in [2.75, 3.05) is 6.26 Å². The summed E-state index contributed by atoms with van der Waals surface area (Å²) in [5.74, 6) is 1.56. The molecular formula is C14H26N2S. The smallest absolute Gasteiger partial charge is 0.0972 e. The summed E-state index contributed by atoms with van der Waals surface area (Å²) in [5, 5.41) is 0.714. The van der Waals surface area contributed by atoms with Gasteiger partial charge in [0, 0.05) is 11.2 Å². The van der Waals surface area contributed by atoms with Crippen LogP contribution in [0, 0.1) is 5.92 Å². The molecule has 0 aromatic carbocycles. The maximum Gasteiger partial charge on any atom is 0.0972 e. The number of amidine groups is 1.